The van der Waals surface area contributed by atoms with Gasteiger partial charge in [-0.25, -0.2) is 9.37 Å². The smallest absolute Gasteiger partial charge is 0.226 e. The van der Waals surface area contributed by atoms with Crippen molar-refractivity contribution >= 4 is 0 Å². The number of hydrogen-bond donors (Lipinski definition) is 1. The fourth-order valence-electron chi connectivity index (χ4n) is 2.16. The van der Waals surface area contributed by atoms with Gasteiger partial charge in [0.15, 0.2) is 0 Å². The minimum Gasteiger partial charge on any atom is -0.444 e. The molecule has 2 rings (SSSR count). The lowest BCUT2D eigenvalue weighted by Gasteiger charge is -2.27. The number of halogens is 1. The predicted octanol–water partition coefficient (Wildman–Crippen LogP) is 3.07. The van der Waals surface area contributed by atoms with Crippen molar-refractivity contribution in [3.05, 3.63) is 42.0 Å². The minimum atomic E-state index is -0.750. The number of likely N-dealkylation sites (N-methyl/N-ethyl adjacent to an activating group) is 1. The molecule has 0 radical (unpaired) electrons. The molecule has 1 aromatic carbocycles. The second-order valence-corrected chi connectivity index (χ2v) is 5.77. The molecule has 2 aromatic rings. The van der Waals surface area contributed by atoms with Gasteiger partial charge in [0.25, 0.3) is 0 Å². The number of benzene rings is 1. The van der Waals surface area contributed by atoms with Gasteiger partial charge in [0.1, 0.15) is 12.1 Å². The van der Waals surface area contributed by atoms with E-state index in [0.717, 1.165) is 17.8 Å². The van der Waals surface area contributed by atoms with Crippen LogP contribution in [0.2, 0.25) is 0 Å². The molecule has 0 bridgehead atoms. The summed E-state index contributed by atoms with van der Waals surface area (Å²) in [4.78, 5) is 6.51. The maximum Gasteiger partial charge on any atom is 0.226 e. The molecular weight excluding hydrogens is 271 g/mol. The van der Waals surface area contributed by atoms with Crippen molar-refractivity contribution in [1.82, 2.24) is 9.88 Å². The molecule has 0 atom stereocenters. The third-order valence-corrected chi connectivity index (χ3v) is 3.09. The Balaban J connectivity index is 2.07. The topological polar surface area (TPSA) is 49.5 Å². The van der Waals surface area contributed by atoms with Crippen LogP contribution in [-0.4, -0.2) is 33.7 Å². The van der Waals surface area contributed by atoms with E-state index in [2.05, 4.69) is 9.88 Å². The molecule has 1 N–H and O–H groups in total. The molecule has 5 heteroatoms. The normalized spacial score (nSPS) is 12.1. The summed E-state index contributed by atoms with van der Waals surface area (Å²) in [6, 6.07) is 6.04. The first-order chi connectivity index (χ1) is 9.87. The second-order valence-electron chi connectivity index (χ2n) is 5.77. The van der Waals surface area contributed by atoms with Gasteiger partial charge in [-0.3, -0.25) is 4.90 Å². The summed E-state index contributed by atoms with van der Waals surface area (Å²) in [5.74, 6) is 0.192. The minimum absolute atomic E-state index is 0.284. The van der Waals surface area contributed by atoms with E-state index < -0.39 is 5.60 Å². The molecule has 1 aromatic heterocycles. The molecule has 4 nitrogen and oxygen atoms in total. The third-order valence-electron chi connectivity index (χ3n) is 3.09. The summed E-state index contributed by atoms with van der Waals surface area (Å²) in [7, 11) is 0. The molecule has 0 fully saturated rings. The van der Waals surface area contributed by atoms with Gasteiger partial charge in [-0.15, -0.1) is 0 Å². The average Bonchev–Trinajstić information content (AvgIpc) is 2.85. The molecule has 0 saturated carbocycles. The van der Waals surface area contributed by atoms with Crippen molar-refractivity contribution in [2.45, 2.75) is 32.9 Å². The summed E-state index contributed by atoms with van der Waals surface area (Å²) in [6.45, 7) is 7.56. The zero-order valence-electron chi connectivity index (χ0n) is 12.6. The summed E-state index contributed by atoms with van der Waals surface area (Å²) in [5, 5.41) is 9.89. The van der Waals surface area contributed by atoms with Crippen LogP contribution in [0.1, 0.15) is 26.5 Å². The molecule has 0 aliphatic rings. The first-order valence-electron chi connectivity index (χ1n) is 7.02. The number of nitrogens with zero attached hydrogens (tertiary/aromatic N) is 2. The highest BCUT2D eigenvalue weighted by Crippen LogP contribution is 2.20. The quantitative estimate of drug-likeness (QED) is 0.889. The van der Waals surface area contributed by atoms with E-state index in [-0.39, 0.29) is 5.82 Å². The SMILES string of the molecule is CCN(Cc1coc(-c2ccc(F)cc2)n1)CC(C)(C)O. The van der Waals surface area contributed by atoms with Crippen LogP contribution >= 0.6 is 0 Å². The number of oxazole rings is 1. The first kappa shape index (κ1) is 15.7. The van der Waals surface area contributed by atoms with E-state index in [1.807, 2.05) is 6.92 Å². The Morgan fingerprint density at radius 2 is 1.95 bits per heavy atom. The highest BCUT2D eigenvalue weighted by atomic mass is 19.1. The van der Waals surface area contributed by atoms with E-state index in [9.17, 15) is 9.50 Å². The van der Waals surface area contributed by atoms with Gasteiger partial charge in [0.2, 0.25) is 5.89 Å². The summed E-state index contributed by atoms with van der Waals surface area (Å²) in [5.41, 5.74) is 0.785. The van der Waals surface area contributed by atoms with Crippen molar-refractivity contribution in [2.24, 2.45) is 0 Å². The van der Waals surface area contributed by atoms with Crippen LogP contribution in [0.25, 0.3) is 11.5 Å². The third kappa shape index (κ3) is 4.65. The van der Waals surface area contributed by atoms with Crippen molar-refractivity contribution in [2.75, 3.05) is 13.1 Å². The summed E-state index contributed by atoms with van der Waals surface area (Å²) in [6.07, 6.45) is 1.60. The Morgan fingerprint density at radius 1 is 1.29 bits per heavy atom. The molecule has 0 saturated heterocycles. The average molecular weight is 292 g/mol. The van der Waals surface area contributed by atoms with Gasteiger partial charge >= 0.3 is 0 Å². The molecule has 0 unspecified atom stereocenters. The van der Waals surface area contributed by atoms with Crippen LogP contribution in [-0.2, 0) is 6.54 Å². The lowest BCUT2D eigenvalue weighted by molar-refractivity contribution is 0.0349. The van der Waals surface area contributed by atoms with Crippen LogP contribution in [0.4, 0.5) is 4.39 Å². The Morgan fingerprint density at radius 3 is 2.52 bits per heavy atom. The fraction of sp³-hybridized carbons (Fsp3) is 0.438. The zero-order chi connectivity index (χ0) is 15.5. The van der Waals surface area contributed by atoms with Gasteiger partial charge in [0.05, 0.1) is 11.3 Å². The van der Waals surface area contributed by atoms with Gasteiger partial charge in [-0.05, 0) is 44.7 Å². The molecule has 114 valence electrons. The van der Waals surface area contributed by atoms with Crippen LogP contribution < -0.4 is 0 Å². The largest absolute Gasteiger partial charge is 0.444 e. The molecule has 0 aliphatic heterocycles. The van der Waals surface area contributed by atoms with E-state index in [1.165, 1.54) is 12.1 Å². The molecule has 0 spiro atoms. The zero-order valence-corrected chi connectivity index (χ0v) is 12.6. The van der Waals surface area contributed by atoms with Crippen molar-refractivity contribution in [1.29, 1.82) is 0 Å². The lowest BCUT2D eigenvalue weighted by atomic mass is 10.1. The number of hydrogen-bond acceptors (Lipinski definition) is 4. The fourth-order valence-corrected chi connectivity index (χ4v) is 2.16. The highest BCUT2D eigenvalue weighted by Gasteiger charge is 2.18. The van der Waals surface area contributed by atoms with E-state index in [4.69, 9.17) is 4.42 Å². The van der Waals surface area contributed by atoms with E-state index in [0.29, 0.717) is 19.0 Å². The van der Waals surface area contributed by atoms with Crippen LogP contribution in [0, 0.1) is 5.82 Å². The Bertz CT molecular complexity index is 573. The summed E-state index contributed by atoms with van der Waals surface area (Å²) >= 11 is 0. The van der Waals surface area contributed by atoms with E-state index >= 15 is 0 Å². The summed E-state index contributed by atoms with van der Waals surface area (Å²) < 4.78 is 18.3. The van der Waals surface area contributed by atoms with E-state index in [1.54, 1.807) is 32.2 Å². The van der Waals surface area contributed by atoms with Gasteiger partial charge < -0.3 is 9.52 Å². The monoisotopic (exact) mass is 292 g/mol. The molecule has 1 heterocycles. The van der Waals surface area contributed by atoms with Crippen molar-refractivity contribution in [3.8, 4) is 11.5 Å². The van der Waals surface area contributed by atoms with Crippen LogP contribution in [0.3, 0.4) is 0 Å². The van der Waals surface area contributed by atoms with Crippen LogP contribution in [0.5, 0.6) is 0 Å². The molecule has 21 heavy (non-hydrogen) atoms. The van der Waals surface area contributed by atoms with Gasteiger partial charge in [0, 0.05) is 18.7 Å². The number of rotatable bonds is 6. The standard InChI is InChI=1S/C16H21FN2O2/c1-4-19(11-16(2,3)20)9-14-10-21-15(18-14)12-5-7-13(17)8-6-12/h5-8,10,20H,4,9,11H2,1-3H3. The Kier molecular flexibility index (Phi) is 4.75. The Labute approximate surface area is 124 Å². The van der Waals surface area contributed by atoms with Crippen LogP contribution in [0.15, 0.2) is 34.9 Å². The maximum atomic E-state index is 12.9. The van der Waals surface area contributed by atoms with Crippen molar-refractivity contribution in [3.63, 3.8) is 0 Å². The molecular formula is C16H21FN2O2. The molecule has 0 amide bonds. The molecule has 0 aliphatic carbocycles. The highest BCUT2D eigenvalue weighted by molar-refractivity contribution is 5.52. The van der Waals surface area contributed by atoms with Gasteiger partial charge in [-0.1, -0.05) is 6.92 Å². The first-order valence-corrected chi connectivity index (χ1v) is 7.02. The predicted molar refractivity (Wildman–Crippen MR) is 79.1 cm³/mol. The maximum absolute atomic E-state index is 12.9. The van der Waals surface area contributed by atoms with Crippen molar-refractivity contribution < 1.29 is 13.9 Å². The lowest BCUT2D eigenvalue weighted by Crippen LogP contribution is -2.38. The van der Waals surface area contributed by atoms with Gasteiger partial charge in [-0.2, -0.15) is 0 Å². The second kappa shape index (κ2) is 6.37. The number of aliphatic hydroxyl groups is 1. The Hall–Kier alpha value is -1.72. The number of aromatic nitrogens is 1.